The molecule has 96 valence electrons. The van der Waals surface area contributed by atoms with Gasteiger partial charge in [0.15, 0.2) is 5.75 Å². The fourth-order valence-corrected chi connectivity index (χ4v) is 2.59. The molecular formula is C9H21NO4SSi. The molecule has 0 rings (SSSR count). The van der Waals surface area contributed by atoms with Gasteiger partial charge in [0.1, 0.15) is 0 Å². The van der Waals surface area contributed by atoms with E-state index in [1.807, 2.05) is 0 Å². The highest BCUT2D eigenvalue weighted by molar-refractivity contribution is 7.90. The number of nitrogens with one attached hydrogen (secondary N) is 1. The maximum Gasteiger partial charge on any atom is 0.322 e. The number of carbonyl (C=O) groups is 1. The summed E-state index contributed by atoms with van der Waals surface area (Å²) in [4.78, 5) is 11.2. The van der Waals surface area contributed by atoms with Crippen LogP contribution in [0.1, 0.15) is 6.92 Å². The van der Waals surface area contributed by atoms with Gasteiger partial charge in [0.05, 0.1) is 6.61 Å². The first-order valence-electron chi connectivity index (χ1n) is 5.29. The Hall–Kier alpha value is -0.403. The zero-order chi connectivity index (χ0) is 12.8. The van der Waals surface area contributed by atoms with E-state index in [9.17, 15) is 13.2 Å². The molecular weight excluding hydrogens is 246 g/mol. The number of ether oxygens (including phenoxy) is 1. The van der Waals surface area contributed by atoms with Crippen molar-refractivity contribution in [1.29, 1.82) is 0 Å². The lowest BCUT2D eigenvalue weighted by Gasteiger charge is -2.15. The summed E-state index contributed by atoms with van der Waals surface area (Å²) in [5.41, 5.74) is 0. The van der Waals surface area contributed by atoms with Gasteiger partial charge in [-0.25, -0.2) is 13.1 Å². The Morgan fingerprint density at radius 1 is 1.31 bits per heavy atom. The van der Waals surface area contributed by atoms with E-state index < -0.39 is 29.8 Å². The van der Waals surface area contributed by atoms with Gasteiger partial charge in [-0.3, -0.25) is 4.79 Å². The van der Waals surface area contributed by atoms with Gasteiger partial charge in [0.25, 0.3) is 0 Å². The third-order valence-electron chi connectivity index (χ3n) is 1.79. The first-order chi connectivity index (χ1) is 7.16. The van der Waals surface area contributed by atoms with Gasteiger partial charge in [-0.1, -0.05) is 26.6 Å². The summed E-state index contributed by atoms with van der Waals surface area (Å²) in [5, 5.41) is 0. The monoisotopic (exact) mass is 267 g/mol. The summed E-state index contributed by atoms with van der Waals surface area (Å²) in [5.74, 6) is -1.27. The third kappa shape index (κ3) is 8.87. The average molecular weight is 267 g/mol. The maximum absolute atomic E-state index is 11.2. The predicted octanol–water partition coefficient (Wildman–Crippen LogP) is 0.807. The lowest BCUT2D eigenvalue weighted by molar-refractivity contribution is -0.139. The molecule has 0 bridgehead atoms. The van der Waals surface area contributed by atoms with Crippen LogP contribution in [0.5, 0.6) is 0 Å². The highest BCUT2D eigenvalue weighted by Crippen LogP contribution is 2.07. The highest BCUT2D eigenvalue weighted by atomic mass is 32.2. The lowest BCUT2D eigenvalue weighted by Crippen LogP contribution is -2.31. The van der Waals surface area contributed by atoms with E-state index in [0.29, 0.717) is 6.61 Å². The van der Waals surface area contributed by atoms with E-state index in [4.69, 9.17) is 4.74 Å². The average Bonchev–Trinajstić information content (AvgIpc) is 1.99. The second-order valence-electron chi connectivity index (χ2n) is 4.79. The lowest BCUT2D eigenvalue weighted by atomic mass is 10.7. The predicted molar refractivity (Wildman–Crippen MR) is 66.6 cm³/mol. The summed E-state index contributed by atoms with van der Waals surface area (Å²) in [6.07, 6.45) is 0. The van der Waals surface area contributed by atoms with E-state index in [2.05, 4.69) is 24.4 Å². The van der Waals surface area contributed by atoms with Crippen LogP contribution in [0.2, 0.25) is 25.7 Å². The Labute approximate surface area is 98.6 Å². The summed E-state index contributed by atoms with van der Waals surface area (Å²) in [6.45, 7) is 8.75. The number of hydrogen-bond donors (Lipinski definition) is 1. The molecule has 0 heterocycles. The molecule has 0 spiro atoms. The van der Waals surface area contributed by atoms with E-state index in [1.54, 1.807) is 6.92 Å². The van der Waals surface area contributed by atoms with Crippen molar-refractivity contribution in [3.05, 3.63) is 0 Å². The fraction of sp³-hybridized carbons (Fsp3) is 0.889. The Morgan fingerprint density at radius 3 is 2.31 bits per heavy atom. The van der Waals surface area contributed by atoms with Crippen molar-refractivity contribution in [2.45, 2.75) is 32.6 Å². The normalized spacial score (nSPS) is 12.5. The van der Waals surface area contributed by atoms with Gasteiger partial charge in [0, 0.05) is 14.6 Å². The van der Waals surface area contributed by atoms with Crippen LogP contribution in [-0.2, 0) is 19.6 Å². The molecule has 0 aromatic rings. The Morgan fingerprint density at radius 2 is 1.88 bits per heavy atom. The molecule has 0 aliphatic carbocycles. The van der Waals surface area contributed by atoms with Crippen molar-refractivity contribution in [2.24, 2.45) is 0 Å². The first-order valence-corrected chi connectivity index (χ1v) is 10.7. The van der Waals surface area contributed by atoms with Gasteiger partial charge < -0.3 is 4.74 Å². The van der Waals surface area contributed by atoms with Gasteiger partial charge in [-0.15, -0.1) is 0 Å². The molecule has 0 radical (unpaired) electrons. The van der Waals surface area contributed by atoms with Gasteiger partial charge >= 0.3 is 5.97 Å². The van der Waals surface area contributed by atoms with Gasteiger partial charge in [0.2, 0.25) is 10.0 Å². The standard InChI is InChI=1S/C9H21NO4SSi/c1-5-10-15(12,13)8-9(11)14-6-7-16(2,3)4/h10H,5-8H2,1-4H3. The largest absolute Gasteiger partial charge is 0.465 e. The number of esters is 1. The zero-order valence-corrected chi connectivity index (χ0v) is 12.2. The summed E-state index contributed by atoms with van der Waals surface area (Å²) in [7, 11) is -4.75. The number of sulfonamides is 1. The molecule has 0 saturated heterocycles. The fourth-order valence-electron chi connectivity index (χ4n) is 0.939. The second-order valence-corrected chi connectivity index (χ2v) is 12.2. The number of rotatable bonds is 7. The van der Waals surface area contributed by atoms with E-state index >= 15 is 0 Å². The molecule has 16 heavy (non-hydrogen) atoms. The molecule has 0 aromatic carbocycles. The van der Waals surface area contributed by atoms with Crippen molar-refractivity contribution in [1.82, 2.24) is 4.72 Å². The van der Waals surface area contributed by atoms with Crippen LogP contribution in [0.15, 0.2) is 0 Å². The van der Waals surface area contributed by atoms with Crippen LogP contribution >= 0.6 is 0 Å². The Bertz CT molecular complexity index is 321. The van der Waals surface area contributed by atoms with Crippen LogP contribution in [0.4, 0.5) is 0 Å². The smallest absolute Gasteiger partial charge is 0.322 e. The SMILES string of the molecule is CCNS(=O)(=O)CC(=O)OCC[Si](C)(C)C. The quantitative estimate of drug-likeness (QED) is 0.547. The molecule has 0 atom stereocenters. The minimum Gasteiger partial charge on any atom is -0.465 e. The van der Waals surface area contributed by atoms with Crippen molar-refractivity contribution in [3.63, 3.8) is 0 Å². The molecule has 0 saturated carbocycles. The van der Waals surface area contributed by atoms with E-state index in [0.717, 1.165) is 6.04 Å². The van der Waals surface area contributed by atoms with Gasteiger partial charge in [-0.2, -0.15) is 0 Å². The summed E-state index contributed by atoms with van der Waals surface area (Å²) < 4.78 is 29.5. The van der Waals surface area contributed by atoms with Crippen molar-refractivity contribution >= 4 is 24.1 Å². The van der Waals surface area contributed by atoms with Crippen LogP contribution in [0, 0.1) is 0 Å². The van der Waals surface area contributed by atoms with Gasteiger partial charge in [-0.05, 0) is 6.04 Å². The number of carbonyl (C=O) groups excluding carboxylic acids is 1. The van der Waals surface area contributed by atoms with E-state index in [1.165, 1.54) is 0 Å². The summed E-state index contributed by atoms with van der Waals surface area (Å²) >= 11 is 0. The van der Waals surface area contributed by atoms with Crippen LogP contribution in [0.3, 0.4) is 0 Å². The minimum atomic E-state index is -3.51. The Balaban J connectivity index is 3.93. The molecule has 0 aromatic heterocycles. The number of hydrogen-bond acceptors (Lipinski definition) is 4. The molecule has 0 aliphatic rings. The molecule has 7 heteroatoms. The minimum absolute atomic E-state index is 0.282. The summed E-state index contributed by atoms with van der Waals surface area (Å²) in [6, 6.07) is 0.847. The Kier molecular flexibility index (Phi) is 6.20. The van der Waals surface area contributed by atoms with Crippen molar-refractivity contribution < 1.29 is 17.9 Å². The molecule has 0 unspecified atom stereocenters. The molecule has 5 nitrogen and oxygen atoms in total. The highest BCUT2D eigenvalue weighted by Gasteiger charge is 2.18. The molecule has 0 fully saturated rings. The van der Waals surface area contributed by atoms with Crippen molar-refractivity contribution in [3.8, 4) is 0 Å². The molecule has 0 aliphatic heterocycles. The molecule has 1 N–H and O–H groups in total. The topological polar surface area (TPSA) is 72.5 Å². The van der Waals surface area contributed by atoms with E-state index in [-0.39, 0.29) is 6.54 Å². The van der Waals surface area contributed by atoms with Crippen LogP contribution in [-0.4, -0.2) is 41.4 Å². The first kappa shape index (κ1) is 15.6. The third-order valence-corrected chi connectivity index (χ3v) is 4.84. The van der Waals surface area contributed by atoms with Crippen molar-refractivity contribution in [2.75, 3.05) is 18.9 Å². The molecule has 0 amide bonds. The second kappa shape index (κ2) is 6.36. The zero-order valence-electron chi connectivity index (χ0n) is 10.4. The van der Waals surface area contributed by atoms with Crippen LogP contribution < -0.4 is 4.72 Å². The maximum atomic E-state index is 11.2. The van der Waals surface area contributed by atoms with Crippen LogP contribution in [0.25, 0.3) is 0 Å².